The van der Waals surface area contributed by atoms with Crippen molar-refractivity contribution in [3.05, 3.63) is 0 Å². The fourth-order valence-corrected chi connectivity index (χ4v) is 1.83. The van der Waals surface area contributed by atoms with Crippen molar-refractivity contribution in [3.8, 4) is 11.8 Å². The second kappa shape index (κ2) is 8.91. The molecule has 0 saturated carbocycles. The first-order valence-corrected chi connectivity index (χ1v) is 6.93. The molecule has 0 atom stereocenters. The normalized spacial score (nSPS) is 10.8. The van der Waals surface area contributed by atoms with Gasteiger partial charge in [-0.3, -0.25) is 19.2 Å². The zero-order valence-corrected chi connectivity index (χ0v) is 14.7. The van der Waals surface area contributed by atoms with Crippen molar-refractivity contribution in [1.29, 1.82) is 0 Å². The highest BCUT2D eigenvalue weighted by atomic mass is 16.6. The number of carbonyl (C=O) groups is 4. The van der Waals surface area contributed by atoms with Crippen LogP contribution in [0.4, 0.5) is 0 Å². The number of methoxy groups -OCH3 is 4. The lowest BCUT2D eigenvalue weighted by atomic mass is 9.85. The van der Waals surface area contributed by atoms with Crippen molar-refractivity contribution in [2.75, 3.05) is 28.4 Å². The lowest BCUT2D eigenvalue weighted by Crippen LogP contribution is -2.38. The second-order valence-electron chi connectivity index (χ2n) is 5.34. The number of ether oxygens (including phenoxy) is 4. The van der Waals surface area contributed by atoms with Gasteiger partial charge in [-0.1, -0.05) is 0 Å². The van der Waals surface area contributed by atoms with Gasteiger partial charge in [0.25, 0.3) is 0 Å². The highest BCUT2D eigenvalue weighted by Crippen LogP contribution is 2.26. The zero-order chi connectivity index (χ0) is 19.0. The Bertz CT molecular complexity index is 486. The van der Waals surface area contributed by atoms with Gasteiger partial charge in [0.1, 0.15) is 0 Å². The number of carbonyl (C=O) groups excluding carboxylic acids is 4. The largest absolute Gasteiger partial charge is 0.468 e. The third-order valence-corrected chi connectivity index (χ3v) is 3.55. The van der Waals surface area contributed by atoms with Crippen LogP contribution in [-0.2, 0) is 38.1 Å². The van der Waals surface area contributed by atoms with E-state index in [2.05, 4.69) is 30.8 Å². The minimum Gasteiger partial charge on any atom is -0.468 e. The summed E-state index contributed by atoms with van der Waals surface area (Å²) in [6, 6.07) is 0. The minimum atomic E-state index is -1.61. The number of esters is 4. The summed E-state index contributed by atoms with van der Waals surface area (Å²) >= 11 is 0. The van der Waals surface area contributed by atoms with Gasteiger partial charge in [0.2, 0.25) is 0 Å². The summed E-state index contributed by atoms with van der Waals surface area (Å²) in [5, 5.41) is 0. The third kappa shape index (κ3) is 4.47. The maximum atomic E-state index is 11.8. The van der Waals surface area contributed by atoms with E-state index < -0.39 is 34.7 Å². The predicted octanol–water partition coefficient (Wildman–Crippen LogP) is 0.475. The second-order valence-corrected chi connectivity index (χ2v) is 5.34. The number of hydrogen-bond acceptors (Lipinski definition) is 8. The van der Waals surface area contributed by atoms with Crippen LogP contribution in [0.25, 0.3) is 0 Å². The molecule has 0 fully saturated rings. The molecule has 0 rings (SSSR count). The summed E-state index contributed by atoms with van der Waals surface area (Å²) in [6.45, 7) is 2.66. The quantitative estimate of drug-likeness (QED) is 0.297. The molecule has 8 heteroatoms. The molecule has 24 heavy (non-hydrogen) atoms. The Morgan fingerprint density at radius 1 is 0.625 bits per heavy atom. The molecule has 0 N–H and O–H groups in total. The molecule has 134 valence electrons. The lowest BCUT2D eigenvalue weighted by molar-refractivity contribution is -0.169. The summed E-state index contributed by atoms with van der Waals surface area (Å²) in [4.78, 5) is 47.2. The van der Waals surface area contributed by atoms with E-state index in [1.807, 2.05) is 0 Å². The van der Waals surface area contributed by atoms with Crippen LogP contribution < -0.4 is 0 Å². The van der Waals surface area contributed by atoms with E-state index >= 15 is 0 Å². The van der Waals surface area contributed by atoms with E-state index in [9.17, 15) is 19.2 Å². The molecule has 0 aliphatic rings. The molecule has 0 aromatic rings. The average molecular weight is 342 g/mol. The Morgan fingerprint density at radius 2 is 0.833 bits per heavy atom. The number of rotatable bonds is 6. The molecule has 0 spiro atoms. The van der Waals surface area contributed by atoms with E-state index in [-0.39, 0.29) is 12.8 Å². The highest BCUT2D eigenvalue weighted by Gasteiger charge is 2.44. The van der Waals surface area contributed by atoms with Crippen LogP contribution >= 0.6 is 0 Å². The first-order valence-electron chi connectivity index (χ1n) is 6.93. The molecule has 0 aliphatic carbocycles. The number of hydrogen-bond donors (Lipinski definition) is 0. The van der Waals surface area contributed by atoms with Crippen LogP contribution in [0.2, 0.25) is 0 Å². The van der Waals surface area contributed by atoms with Crippen LogP contribution in [0, 0.1) is 22.7 Å². The summed E-state index contributed by atoms with van der Waals surface area (Å²) in [5.41, 5.74) is -3.22. The van der Waals surface area contributed by atoms with E-state index in [1.54, 1.807) is 0 Å². The molecule has 0 unspecified atom stereocenters. The highest BCUT2D eigenvalue weighted by molar-refractivity contribution is 6.00. The van der Waals surface area contributed by atoms with E-state index in [0.29, 0.717) is 0 Å². The molecule has 0 heterocycles. The van der Waals surface area contributed by atoms with E-state index in [1.165, 1.54) is 13.8 Å². The van der Waals surface area contributed by atoms with Crippen molar-refractivity contribution in [3.63, 3.8) is 0 Å². The van der Waals surface area contributed by atoms with Crippen LogP contribution in [0.1, 0.15) is 26.7 Å². The van der Waals surface area contributed by atoms with Gasteiger partial charge in [-0.15, -0.1) is 11.8 Å². The molecule has 0 saturated heterocycles. The predicted molar refractivity (Wildman–Crippen MR) is 81.3 cm³/mol. The summed E-state index contributed by atoms with van der Waals surface area (Å²) in [6.07, 6.45) is -0.407. The minimum absolute atomic E-state index is 0.204. The smallest absolute Gasteiger partial charge is 0.323 e. The molecule has 0 aromatic heterocycles. The van der Waals surface area contributed by atoms with Crippen LogP contribution in [0.3, 0.4) is 0 Å². The first kappa shape index (κ1) is 21.4. The maximum absolute atomic E-state index is 11.8. The monoisotopic (exact) mass is 342 g/mol. The fraction of sp³-hybridized carbons (Fsp3) is 0.625. The van der Waals surface area contributed by atoms with Crippen LogP contribution in [-0.4, -0.2) is 52.3 Å². The van der Waals surface area contributed by atoms with Crippen molar-refractivity contribution in [1.82, 2.24) is 0 Å². The Hall–Kier alpha value is -2.56. The van der Waals surface area contributed by atoms with Crippen LogP contribution in [0.15, 0.2) is 0 Å². The van der Waals surface area contributed by atoms with Gasteiger partial charge in [-0.05, 0) is 13.8 Å². The molecular formula is C16H22O8. The summed E-state index contributed by atoms with van der Waals surface area (Å²) < 4.78 is 18.4. The van der Waals surface area contributed by atoms with Crippen molar-refractivity contribution < 1.29 is 38.1 Å². The lowest BCUT2D eigenvalue weighted by Gasteiger charge is -2.22. The molecule has 0 bridgehead atoms. The Kier molecular flexibility index (Phi) is 7.96. The standard InChI is InChI=1S/C16H22O8/c1-15(11(17)21-3,12(18)22-4)9-7-8-10-16(2,13(19)23-5)14(20)24-6/h9-10H2,1-6H3. The van der Waals surface area contributed by atoms with Gasteiger partial charge in [0.05, 0.1) is 28.4 Å². The van der Waals surface area contributed by atoms with Gasteiger partial charge in [0.15, 0.2) is 10.8 Å². The van der Waals surface area contributed by atoms with Gasteiger partial charge in [0, 0.05) is 12.8 Å². The van der Waals surface area contributed by atoms with E-state index in [0.717, 1.165) is 28.4 Å². The van der Waals surface area contributed by atoms with Crippen LogP contribution in [0.5, 0.6) is 0 Å². The average Bonchev–Trinajstić information content (AvgIpc) is 2.61. The fourth-order valence-electron chi connectivity index (χ4n) is 1.83. The van der Waals surface area contributed by atoms with Crippen molar-refractivity contribution in [2.45, 2.75) is 26.7 Å². The van der Waals surface area contributed by atoms with Crippen molar-refractivity contribution in [2.24, 2.45) is 10.8 Å². The molecule has 0 radical (unpaired) electrons. The Morgan fingerprint density at radius 3 is 1.00 bits per heavy atom. The molecule has 8 nitrogen and oxygen atoms in total. The zero-order valence-electron chi connectivity index (χ0n) is 14.7. The van der Waals surface area contributed by atoms with E-state index in [4.69, 9.17) is 0 Å². The topological polar surface area (TPSA) is 105 Å². The van der Waals surface area contributed by atoms with Crippen molar-refractivity contribution >= 4 is 23.9 Å². The Labute approximate surface area is 140 Å². The van der Waals surface area contributed by atoms with Gasteiger partial charge in [-0.25, -0.2) is 0 Å². The molecule has 0 amide bonds. The summed E-state index contributed by atoms with van der Waals surface area (Å²) in [7, 11) is 4.57. The molecule has 0 aromatic carbocycles. The third-order valence-electron chi connectivity index (χ3n) is 3.55. The SMILES string of the molecule is COC(=O)C(C)(CC#CCC(C)(C(=O)OC)C(=O)OC)C(=O)OC. The van der Waals surface area contributed by atoms with Gasteiger partial charge >= 0.3 is 23.9 Å². The Balaban J connectivity index is 5.35. The molecule has 0 aliphatic heterocycles. The van der Waals surface area contributed by atoms with Gasteiger partial charge in [-0.2, -0.15) is 0 Å². The molecular weight excluding hydrogens is 320 g/mol. The first-order chi connectivity index (χ1) is 11.1. The summed E-state index contributed by atoms with van der Waals surface area (Å²) in [5.74, 6) is 2.01. The maximum Gasteiger partial charge on any atom is 0.323 e. The van der Waals surface area contributed by atoms with Gasteiger partial charge < -0.3 is 18.9 Å².